The molecule has 0 saturated heterocycles. The number of sulfonamides is 1. The summed E-state index contributed by atoms with van der Waals surface area (Å²) in [6.07, 6.45) is 0. The monoisotopic (exact) mass is 377 g/mol. The third kappa shape index (κ3) is 3.86. The van der Waals surface area contributed by atoms with Gasteiger partial charge < -0.3 is 0 Å². The van der Waals surface area contributed by atoms with Crippen molar-refractivity contribution < 1.29 is 8.42 Å². The lowest BCUT2D eigenvalue weighted by molar-refractivity contribution is 0.597. The van der Waals surface area contributed by atoms with Gasteiger partial charge in [-0.25, -0.2) is 0 Å². The van der Waals surface area contributed by atoms with Crippen LogP contribution in [-0.4, -0.2) is 14.1 Å². The maximum Gasteiger partial charge on any atom is 0.282 e. The first-order valence-corrected chi connectivity index (χ1v) is 10.3. The highest BCUT2D eigenvalue weighted by molar-refractivity contribution is 7.90. The number of rotatable bonds is 5. The maximum absolute atomic E-state index is 12.9. The van der Waals surface area contributed by atoms with Crippen LogP contribution in [0.4, 0.5) is 0 Å². The zero-order valence-corrected chi connectivity index (χ0v) is 16.6. The number of hydrogen-bond acceptors (Lipinski definition) is 2. The normalized spacial score (nSPS) is 12.8. The van der Waals surface area contributed by atoms with Gasteiger partial charge in [0.1, 0.15) is 0 Å². The Kier molecular flexibility index (Phi) is 5.29. The summed E-state index contributed by atoms with van der Waals surface area (Å²) >= 11 is 0. The Morgan fingerprint density at radius 1 is 0.778 bits per heavy atom. The molecular weight excluding hydrogens is 354 g/mol. The second-order valence-electron chi connectivity index (χ2n) is 6.82. The molecule has 3 aromatic carbocycles. The highest BCUT2D eigenvalue weighted by Crippen LogP contribution is 2.34. The van der Waals surface area contributed by atoms with Crippen molar-refractivity contribution in [3.63, 3.8) is 0 Å². The van der Waals surface area contributed by atoms with Crippen LogP contribution in [0.25, 0.3) is 0 Å². The van der Waals surface area contributed by atoms with E-state index in [2.05, 4.69) is 4.40 Å². The molecule has 0 saturated carbocycles. The lowest BCUT2D eigenvalue weighted by Gasteiger charge is -2.31. The summed E-state index contributed by atoms with van der Waals surface area (Å²) in [5.74, 6) is 0. The molecule has 3 rings (SSSR count). The zero-order valence-electron chi connectivity index (χ0n) is 15.8. The Balaban J connectivity index is 2.15. The van der Waals surface area contributed by atoms with Gasteiger partial charge in [-0.15, -0.1) is 0 Å². The molecule has 0 aliphatic heterocycles. The van der Waals surface area contributed by atoms with Crippen LogP contribution >= 0.6 is 0 Å². The number of hydrogen-bond donors (Lipinski definition) is 0. The first-order chi connectivity index (χ1) is 12.8. The summed E-state index contributed by atoms with van der Waals surface area (Å²) in [5.41, 5.74) is 2.88. The Labute approximate surface area is 161 Å². The van der Waals surface area contributed by atoms with Crippen molar-refractivity contribution in [3.8, 4) is 0 Å². The molecule has 0 radical (unpaired) electrons. The minimum atomic E-state index is -3.79. The number of nitrogens with zero attached hydrogens (tertiary/aromatic N) is 1. The SMILES string of the molecule is C/C(=N\S(=O)(=O)c1ccc(C)cc1)C(C)(c1ccccc1)c1ccccc1. The molecule has 0 N–H and O–H groups in total. The predicted octanol–water partition coefficient (Wildman–Crippen LogP) is 5.15. The van der Waals surface area contributed by atoms with Crippen LogP contribution in [0, 0.1) is 6.92 Å². The third-order valence-electron chi connectivity index (χ3n) is 5.00. The molecule has 27 heavy (non-hydrogen) atoms. The summed E-state index contributed by atoms with van der Waals surface area (Å²) in [4.78, 5) is 0.205. The maximum atomic E-state index is 12.9. The van der Waals surface area contributed by atoms with Crippen LogP contribution in [0.1, 0.15) is 30.5 Å². The summed E-state index contributed by atoms with van der Waals surface area (Å²) in [6, 6.07) is 26.5. The standard InChI is InChI=1S/C23H23NO2S/c1-18-14-16-22(17-15-18)27(25,26)24-19(2)23(3,20-10-6-4-7-11-20)21-12-8-5-9-13-21/h4-17H,1-3H3/b24-19+. The van der Waals surface area contributed by atoms with Gasteiger partial charge in [-0.3, -0.25) is 0 Å². The fraction of sp³-hybridized carbons (Fsp3) is 0.174. The van der Waals surface area contributed by atoms with Crippen molar-refractivity contribution in [2.45, 2.75) is 31.1 Å². The summed E-state index contributed by atoms with van der Waals surface area (Å²) < 4.78 is 30.0. The van der Waals surface area contributed by atoms with Gasteiger partial charge in [-0.1, -0.05) is 78.4 Å². The van der Waals surface area contributed by atoms with Crippen molar-refractivity contribution in [3.05, 3.63) is 102 Å². The molecule has 3 nitrogen and oxygen atoms in total. The topological polar surface area (TPSA) is 46.5 Å². The fourth-order valence-electron chi connectivity index (χ4n) is 3.16. The van der Waals surface area contributed by atoms with E-state index in [9.17, 15) is 8.42 Å². The van der Waals surface area contributed by atoms with Crippen LogP contribution in [0.3, 0.4) is 0 Å². The molecule has 4 heteroatoms. The molecule has 0 aliphatic carbocycles. The minimum Gasteiger partial charge on any atom is -0.199 e. The van der Waals surface area contributed by atoms with Crippen molar-refractivity contribution in [1.29, 1.82) is 0 Å². The van der Waals surface area contributed by atoms with E-state index in [1.54, 1.807) is 31.2 Å². The van der Waals surface area contributed by atoms with Gasteiger partial charge in [-0.2, -0.15) is 12.8 Å². The van der Waals surface area contributed by atoms with E-state index in [1.807, 2.05) is 74.5 Å². The first-order valence-electron chi connectivity index (χ1n) is 8.84. The van der Waals surface area contributed by atoms with Crippen molar-refractivity contribution in [2.24, 2.45) is 4.40 Å². The van der Waals surface area contributed by atoms with Crippen molar-refractivity contribution in [2.75, 3.05) is 0 Å². The van der Waals surface area contributed by atoms with Crippen molar-refractivity contribution in [1.82, 2.24) is 0 Å². The molecule has 0 atom stereocenters. The van der Waals surface area contributed by atoms with E-state index in [0.717, 1.165) is 16.7 Å². The van der Waals surface area contributed by atoms with Crippen molar-refractivity contribution >= 4 is 15.7 Å². The first kappa shape index (κ1) is 19.1. The average molecular weight is 378 g/mol. The Bertz CT molecular complexity index is 999. The van der Waals surface area contributed by atoms with E-state index >= 15 is 0 Å². The highest BCUT2D eigenvalue weighted by atomic mass is 32.2. The van der Waals surface area contributed by atoms with E-state index in [1.165, 1.54) is 0 Å². The molecule has 0 spiro atoms. The van der Waals surface area contributed by atoms with Gasteiger partial charge >= 0.3 is 0 Å². The van der Waals surface area contributed by atoms with Crippen LogP contribution in [0.5, 0.6) is 0 Å². The molecule has 0 aliphatic rings. The van der Waals surface area contributed by atoms with Crippen LogP contribution < -0.4 is 0 Å². The van der Waals surface area contributed by atoms with E-state index in [4.69, 9.17) is 0 Å². The van der Waals surface area contributed by atoms with Gasteiger partial charge in [0.05, 0.1) is 10.3 Å². The molecule has 3 aromatic rings. The van der Waals surface area contributed by atoms with Crippen LogP contribution in [-0.2, 0) is 15.4 Å². The van der Waals surface area contributed by atoms with E-state index in [0.29, 0.717) is 5.71 Å². The van der Waals surface area contributed by atoms with Crippen LogP contribution in [0.2, 0.25) is 0 Å². The van der Waals surface area contributed by atoms with E-state index in [-0.39, 0.29) is 4.90 Å². The van der Waals surface area contributed by atoms with Gasteiger partial charge in [0.25, 0.3) is 10.0 Å². The third-order valence-corrected chi connectivity index (χ3v) is 6.38. The minimum absolute atomic E-state index is 0.205. The largest absolute Gasteiger partial charge is 0.282 e. The summed E-state index contributed by atoms with van der Waals surface area (Å²) in [6.45, 7) is 5.72. The fourth-order valence-corrected chi connectivity index (χ4v) is 4.29. The molecule has 0 bridgehead atoms. The van der Waals surface area contributed by atoms with Gasteiger partial charge in [0, 0.05) is 5.71 Å². The molecule has 138 valence electrons. The molecule has 0 amide bonds. The van der Waals surface area contributed by atoms with Gasteiger partial charge in [0.15, 0.2) is 0 Å². The Morgan fingerprint density at radius 2 is 1.22 bits per heavy atom. The average Bonchev–Trinajstić information content (AvgIpc) is 2.68. The van der Waals surface area contributed by atoms with Gasteiger partial charge in [0.2, 0.25) is 0 Å². The second kappa shape index (κ2) is 7.49. The number of benzene rings is 3. The predicted molar refractivity (Wildman–Crippen MR) is 111 cm³/mol. The molecule has 0 fully saturated rings. The summed E-state index contributed by atoms with van der Waals surface area (Å²) in [7, 11) is -3.79. The quantitative estimate of drug-likeness (QED) is 0.577. The molecule has 0 unspecified atom stereocenters. The molecule has 0 heterocycles. The van der Waals surface area contributed by atoms with E-state index < -0.39 is 15.4 Å². The lowest BCUT2D eigenvalue weighted by atomic mass is 9.73. The Morgan fingerprint density at radius 3 is 1.67 bits per heavy atom. The second-order valence-corrected chi connectivity index (χ2v) is 8.43. The smallest absolute Gasteiger partial charge is 0.199 e. The number of aryl methyl sites for hydroxylation is 1. The van der Waals surface area contributed by atoms with Gasteiger partial charge in [-0.05, 0) is 44.0 Å². The van der Waals surface area contributed by atoms with Crippen LogP contribution in [0.15, 0.2) is 94.2 Å². The Hall–Kier alpha value is -2.72. The lowest BCUT2D eigenvalue weighted by Crippen LogP contribution is -2.32. The summed E-state index contributed by atoms with van der Waals surface area (Å²) in [5, 5.41) is 0. The zero-order chi connectivity index (χ0) is 19.5. The molecule has 0 aromatic heterocycles. The highest BCUT2D eigenvalue weighted by Gasteiger charge is 2.33. The molecular formula is C23H23NO2S.